The second-order valence-corrected chi connectivity index (χ2v) is 23.8. The molecule has 9 amide bonds. The molecule has 1 aliphatic carbocycles. The number of cyclic esters (lactones) is 1. The first-order valence-corrected chi connectivity index (χ1v) is 31.0. The van der Waals surface area contributed by atoms with Gasteiger partial charge in [0.1, 0.15) is 61.8 Å². The summed E-state index contributed by atoms with van der Waals surface area (Å²) in [6.45, 7) is -1.53. The molecule has 5 heterocycles. The number of benzene rings is 2. The van der Waals surface area contributed by atoms with E-state index in [0.717, 1.165) is 0 Å². The predicted octanol–water partition coefficient (Wildman–Crippen LogP) is -6.67. The van der Waals surface area contributed by atoms with Crippen molar-refractivity contribution in [3.8, 4) is 0 Å². The zero-order valence-electron chi connectivity index (χ0n) is 52.4. The van der Waals surface area contributed by atoms with Crippen molar-refractivity contribution in [3.63, 3.8) is 0 Å². The SMILES string of the molecule is CC[C@@]1(O)C(=O)OCc2c1cc1n(c2=O)C/C(=C2/c3ccc(F)c(C)c3CC[C@@H]2NC(=O)[C@@H](CO)OCNC(=O)CNC(=O)[C@H](Cc2ccccc2)NC(=O)CNC(=O)CNC(=O)[C@@H](N)CCC(=O)NC[C@H]2O[C@@H](CC(=O)NC[C@H]3O[C@@H](CC(N)=O)[C@H](O)[C@@H]3O)[C@H](O)[C@@H]2O)C1=N. The van der Waals surface area contributed by atoms with Crippen molar-refractivity contribution in [2.24, 2.45) is 11.5 Å². The Hall–Kier alpha value is -8.97. The van der Waals surface area contributed by atoms with Gasteiger partial charge in [-0.2, -0.15) is 0 Å². The van der Waals surface area contributed by atoms with Crippen molar-refractivity contribution >= 4 is 70.4 Å². The molecular weight excluding hydrogens is 1270 g/mol. The number of allylic oxidation sites excluding steroid dienone is 1. The van der Waals surface area contributed by atoms with Crippen LogP contribution in [-0.2, 0) is 98.5 Å². The van der Waals surface area contributed by atoms with Crippen LogP contribution in [0, 0.1) is 18.2 Å². The van der Waals surface area contributed by atoms with Crippen LogP contribution in [0.4, 0.5) is 4.39 Å². The number of halogens is 1. The topological polar surface area (TPSA) is 523 Å². The summed E-state index contributed by atoms with van der Waals surface area (Å²) in [6.07, 6.45) is -13.1. The lowest BCUT2D eigenvalue weighted by Gasteiger charge is -2.32. The second kappa shape index (κ2) is 32.2. The second-order valence-electron chi connectivity index (χ2n) is 23.8. The maximum atomic E-state index is 15.0. The van der Waals surface area contributed by atoms with Gasteiger partial charge in [0.05, 0.1) is 86.9 Å². The molecule has 2 aromatic carbocycles. The molecule has 5 aliphatic rings. The molecule has 520 valence electrons. The molecule has 2 fully saturated rings. The van der Waals surface area contributed by atoms with Crippen molar-refractivity contribution in [2.75, 3.05) is 46.1 Å². The van der Waals surface area contributed by atoms with Gasteiger partial charge in [-0.05, 0) is 72.6 Å². The predicted molar refractivity (Wildman–Crippen MR) is 329 cm³/mol. The van der Waals surface area contributed by atoms with Crippen LogP contribution in [0.3, 0.4) is 0 Å². The minimum Gasteiger partial charge on any atom is -0.458 e. The van der Waals surface area contributed by atoms with Gasteiger partial charge < -0.3 is 108 Å². The minimum atomic E-state index is -2.13. The van der Waals surface area contributed by atoms with E-state index in [1.807, 2.05) is 0 Å². The lowest BCUT2D eigenvalue weighted by molar-refractivity contribution is -0.172. The van der Waals surface area contributed by atoms with Crippen LogP contribution >= 0.6 is 0 Å². The van der Waals surface area contributed by atoms with E-state index >= 15 is 0 Å². The number of esters is 1. The van der Waals surface area contributed by atoms with E-state index in [-0.39, 0.29) is 92.7 Å². The van der Waals surface area contributed by atoms with Crippen molar-refractivity contribution in [2.45, 2.75) is 157 Å². The molecule has 33 nitrogen and oxygen atoms in total. The number of primary amides is 1. The number of amides is 9. The van der Waals surface area contributed by atoms with Crippen molar-refractivity contribution in [3.05, 3.63) is 109 Å². The maximum absolute atomic E-state index is 15.0. The molecule has 3 aromatic rings. The fourth-order valence-corrected chi connectivity index (χ4v) is 11.9. The van der Waals surface area contributed by atoms with Crippen LogP contribution in [0.25, 0.3) is 5.57 Å². The van der Waals surface area contributed by atoms with Crippen LogP contribution in [-0.4, -0.2) is 219 Å². The number of carbonyl (C=O) groups excluding carboxylic acids is 10. The molecule has 0 radical (unpaired) electrons. The number of aliphatic hydroxyl groups is 6. The Morgan fingerprint density at radius 3 is 2.03 bits per heavy atom. The zero-order chi connectivity index (χ0) is 69.9. The maximum Gasteiger partial charge on any atom is 0.343 e. The number of hydrogen-bond donors (Lipinski definition) is 17. The summed E-state index contributed by atoms with van der Waals surface area (Å²) in [6, 6.07) is 9.13. The van der Waals surface area contributed by atoms with Crippen LogP contribution in [0.5, 0.6) is 0 Å². The molecule has 4 aliphatic heterocycles. The molecule has 1 aromatic heterocycles. The van der Waals surface area contributed by atoms with E-state index in [9.17, 15) is 93.2 Å². The smallest absolute Gasteiger partial charge is 0.343 e. The van der Waals surface area contributed by atoms with Crippen LogP contribution in [0.15, 0.2) is 58.9 Å². The highest BCUT2D eigenvalue weighted by Gasteiger charge is 2.48. The Morgan fingerprint density at radius 1 is 0.771 bits per heavy atom. The van der Waals surface area contributed by atoms with Crippen molar-refractivity contribution in [1.29, 1.82) is 5.41 Å². The normalized spacial score (nSPS) is 25.0. The number of nitrogens with zero attached hydrogens (tertiary/aromatic N) is 1. The van der Waals surface area contributed by atoms with Gasteiger partial charge in [-0.3, -0.25) is 53.4 Å². The van der Waals surface area contributed by atoms with Gasteiger partial charge in [-0.1, -0.05) is 43.3 Å². The average molecular weight is 1350 g/mol. The van der Waals surface area contributed by atoms with Gasteiger partial charge in [-0.25, -0.2) is 9.18 Å². The molecule has 0 unspecified atom stereocenters. The highest BCUT2D eigenvalue weighted by molar-refractivity contribution is 6.17. The van der Waals surface area contributed by atoms with Gasteiger partial charge in [-0.15, -0.1) is 0 Å². The molecule has 0 saturated carbocycles. The van der Waals surface area contributed by atoms with Crippen LogP contribution in [0.1, 0.15) is 84.5 Å². The number of nitrogens with two attached hydrogens (primary N) is 2. The van der Waals surface area contributed by atoms with Crippen LogP contribution < -0.4 is 59.6 Å². The van der Waals surface area contributed by atoms with Crippen molar-refractivity contribution in [1.82, 2.24) is 47.1 Å². The summed E-state index contributed by atoms with van der Waals surface area (Å²) in [4.78, 5) is 142. The van der Waals surface area contributed by atoms with Crippen molar-refractivity contribution < 1.29 is 102 Å². The largest absolute Gasteiger partial charge is 0.458 e. The van der Waals surface area contributed by atoms with Gasteiger partial charge >= 0.3 is 5.97 Å². The Morgan fingerprint density at radius 2 is 1.39 bits per heavy atom. The summed E-state index contributed by atoms with van der Waals surface area (Å²) in [5.74, 6) is -8.51. The number of carbonyl (C=O) groups is 10. The summed E-state index contributed by atoms with van der Waals surface area (Å²) < 4.78 is 38.1. The molecule has 0 spiro atoms. The van der Waals surface area contributed by atoms with E-state index in [2.05, 4.69) is 42.5 Å². The average Bonchev–Trinajstić information content (AvgIpc) is 1.36. The number of ether oxygens (including phenoxy) is 4. The van der Waals surface area contributed by atoms with Gasteiger partial charge in [0.25, 0.3) is 11.5 Å². The minimum absolute atomic E-state index is 0.0227. The first-order valence-electron chi connectivity index (χ1n) is 31.0. The summed E-state index contributed by atoms with van der Waals surface area (Å²) in [7, 11) is 0. The number of nitrogens with one attached hydrogen (secondary N) is 9. The molecule has 0 bridgehead atoms. The number of fused-ring (bicyclic) bond motifs is 3. The van der Waals surface area contributed by atoms with E-state index in [0.29, 0.717) is 27.8 Å². The third kappa shape index (κ3) is 17.2. The van der Waals surface area contributed by atoms with Crippen LogP contribution in [0.2, 0.25) is 0 Å². The number of rotatable bonds is 29. The number of aromatic nitrogens is 1. The van der Waals surface area contributed by atoms with E-state index in [1.165, 1.54) is 22.8 Å². The molecule has 13 atom stereocenters. The molecule has 2 saturated heterocycles. The van der Waals surface area contributed by atoms with E-state index in [1.54, 1.807) is 44.2 Å². The molecular formula is C62H79FN12O21. The fraction of sp³-hybridized carbons (Fsp3) is 0.516. The fourth-order valence-electron chi connectivity index (χ4n) is 11.9. The summed E-state index contributed by atoms with van der Waals surface area (Å²) in [5, 5.41) is 92.0. The lowest BCUT2D eigenvalue weighted by atomic mass is 9.78. The highest BCUT2D eigenvalue weighted by atomic mass is 19.1. The Kier molecular flexibility index (Phi) is 24.4. The van der Waals surface area contributed by atoms with Gasteiger partial charge in [0, 0.05) is 37.1 Å². The van der Waals surface area contributed by atoms with E-state index in [4.69, 9.17) is 30.4 Å². The van der Waals surface area contributed by atoms with Gasteiger partial charge in [0.2, 0.25) is 47.3 Å². The first kappa shape index (κ1) is 72.9. The summed E-state index contributed by atoms with van der Waals surface area (Å²) in [5.41, 5.74) is 11.1. The molecule has 96 heavy (non-hydrogen) atoms. The van der Waals surface area contributed by atoms with Gasteiger partial charge in [0.15, 0.2) is 11.7 Å². The third-order valence-electron chi connectivity index (χ3n) is 17.4. The monoisotopic (exact) mass is 1350 g/mol. The molecule has 19 N–H and O–H groups in total. The number of hydrogen-bond acceptors (Lipinski definition) is 23. The Bertz CT molecular complexity index is 3590. The van der Waals surface area contributed by atoms with E-state index < -0.39 is 195 Å². The third-order valence-corrected chi connectivity index (χ3v) is 17.4. The Balaban J connectivity index is 0.753. The zero-order valence-corrected chi connectivity index (χ0v) is 52.4. The standard InChI is InChI=1S/C62H79FN12O21/c1-3-62(92)34-16-39-52(66)32(24-75(39)60(90)33(34)26-93-61(62)91)51-31-9-11-35(63)28(2)30(31)10-13-37(51)74-59(89)44(25-76)94-27-72-49(81)22-71-58(88)38(15-29-7-5-4-6-8-29)73-50(82)23-69-48(80)21-70-57(87)36(64)12-14-46(78)67-19-42-56(86)54(84)41(96-42)18-47(79)68-20-43-55(85)53(83)40(95-43)17-45(65)77/h4-9,11,16,36-38,40-44,53-56,66,76,83-86,92H,3,10,12-15,17-27,64H2,1-2H3,(H2,65,77)(H,67,78)(H,68,79)(H,69,80)(H,70,87)(H,71,88)(H,72,81)(H,73,82)(H,74,89)/b51-32+,66-52?/t36-,37-,38-,40-,41-,42+,43+,44+,53-,54-,55+,56+,62-/m0/s1. The highest BCUT2D eigenvalue weighted by Crippen LogP contribution is 2.41. The first-order chi connectivity index (χ1) is 45.6. The molecule has 8 rings (SSSR count). The quantitative estimate of drug-likeness (QED) is 0.0227. The number of pyridine rings is 1. The number of aliphatic hydroxyl groups excluding tert-OH is 5. The Labute approximate surface area is 547 Å². The molecule has 34 heteroatoms. The summed E-state index contributed by atoms with van der Waals surface area (Å²) >= 11 is 0. The lowest BCUT2D eigenvalue weighted by Crippen LogP contribution is -2.52.